The highest BCUT2D eigenvalue weighted by Gasteiger charge is 2.30. The molecule has 0 aromatic heterocycles. The van der Waals surface area contributed by atoms with E-state index in [9.17, 15) is 18.0 Å². The molecular weight excluding hydrogens is 223 g/mol. The van der Waals surface area contributed by atoms with Crippen LogP contribution in [0.15, 0.2) is 24.3 Å². The van der Waals surface area contributed by atoms with Crippen molar-refractivity contribution in [3.8, 4) is 0 Å². The first-order chi connectivity index (χ1) is 7.36. The summed E-state index contributed by atoms with van der Waals surface area (Å²) >= 11 is 0. The Bertz CT molecular complexity index is 373. The molecule has 3 nitrogen and oxygen atoms in total. The van der Waals surface area contributed by atoms with E-state index in [1.807, 2.05) is 0 Å². The van der Waals surface area contributed by atoms with Gasteiger partial charge in [-0.25, -0.2) is 0 Å². The van der Waals surface area contributed by atoms with Crippen molar-refractivity contribution < 1.29 is 23.1 Å². The van der Waals surface area contributed by atoms with Gasteiger partial charge in [-0.1, -0.05) is 12.1 Å². The number of carbonyl (C=O) groups is 1. The highest BCUT2D eigenvalue weighted by atomic mass is 19.4. The van der Waals surface area contributed by atoms with Gasteiger partial charge in [-0.3, -0.25) is 4.79 Å². The summed E-state index contributed by atoms with van der Waals surface area (Å²) in [5, 5.41) is 11.3. The van der Waals surface area contributed by atoms with Crippen LogP contribution in [0.5, 0.6) is 0 Å². The van der Waals surface area contributed by atoms with Crippen molar-refractivity contribution in [2.24, 2.45) is 0 Å². The van der Waals surface area contributed by atoms with E-state index in [2.05, 4.69) is 5.32 Å². The minimum atomic E-state index is -4.41. The number of benzene rings is 1. The Morgan fingerprint density at radius 3 is 2.12 bits per heavy atom. The number of alkyl halides is 3. The van der Waals surface area contributed by atoms with E-state index in [1.165, 1.54) is 7.05 Å². The predicted molar refractivity (Wildman–Crippen MR) is 50.9 cm³/mol. The van der Waals surface area contributed by atoms with E-state index >= 15 is 0 Å². The molecule has 0 aliphatic heterocycles. The Morgan fingerprint density at radius 2 is 1.81 bits per heavy atom. The van der Waals surface area contributed by atoms with Crippen LogP contribution < -0.4 is 5.32 Å². The van der Waals surface area contributed by atoms with E-state index in [4.69, 9.17) is 5.11 Å². The van der Waals surface area contributed by atoms with E-state index in [1.54, 1.807) is 0 Å². The minimum Gasteiger partial charge on any atom is -0.480 e. The molecule has 2 N–H and O–H groups in total. The summed E-state index contributed by atoms with van der Waals surface area (Å²) in [4.78, 5) is 10.7. The average molecular weight is 233 g/mol. The fraction of sp³-hybridized carbons (Fsp3) is 0.300. The van der Waals surface area contributed by atoms with Crippen molar-refractivity contribution >= 4 is 5.97 Å². The first-order valence-corrected chi connectivity index (χ1v) is 4.43. The maximum Gasteiger partial charge on any atom is 0.416 e. The Balaban J connectivity index is 2.98. The van der Waals surface area contributed by atoms with Gasteiger partial charge in [-0.2, -0.15) is 13.2 Å². The normalized spacial score (nSPS) is 13.5. The van der Waals surface area contributed by atoms with Gasteiger partial charge < -0.3 is 10.4 Å². The van der Waals surface area contributed by atoms with E-state index < -0.39 is 23.8 Å². The minimum absolute atomic E-state index is 0.281. The molecule has 0 fully saturated rings. The van der Waals surface area contributed by atoms with Gasteiger partial charge in [0.15, 0.2) is 0 Å². The average Bonchev–Trinajstić information content (AvgIpc) is 2.17. The molecule has 0 saturated heterocycles. The number of carboxylic acids is 1. The predicted octanol–water partition coefficient (Wildman–Crippen LogP) is 2.05. The van der Waals surface area contributed by atoms with E-state index in [0.717, 1.165) is 24.3 Å². The number of hydrogen-bond donors (Lipinski definition) is 2. The second-order valence-electron chi connectivity index (χ2n) is 3.18. The lowest BCUT2D eigenvalue weighted by atomic mass is 10.0. The van der Waals surface area contributed by atoms with Gasteiger partial charge >= 0.3 is 12.1 Å². The van der Waals surface area contributed by atoms with Gasteiger partial charge in [0.25, 0.3) is 0 Å². The molecule has 88 valence electrons. The van der Waals surface area contributed by atoms with Crippen molar-refractivity contribution in [3.05, 3.63) is 35.4 Å². The molecule has 0 spiro atoms. The summed E-state index contributed by atoms with van der Waals surface area (Å²) in [5.41, 5.74) is -0.514. The van der Waals surface area contributed by atoms with Gasteiger partial charge in [0.1, 0.15) is 6.04 Å². The van der Waals surface area contributed by atoms with Gasteiger partial charge in [0.05, 0.1) is 5.56 Å². The smallest absolute Gasteiger partial charge is 0.416 e. The molecule has 0 radical (unpaired) electrons. The SMILES string of the molecule is CN[C@@H](C(=O)O)c1ccc(C(F)(F)F)cc1. The fourth-order valence-electron chi connectivity index (χ4n) is 1.30. The van der Waals surface area contributed by atoms with Crippen LogP contribution in [0.1, 0.15) is 17.2 Å². The molecule has 0 aliphatic carbocycles. The van der Waals surface area contributed by atoms with Crippen molar-refractivity contribution in [1.82, 2.24) is 5.32 Å². The summed E-state index contributed by atoms with van der Waals surface area (Å²) < 4.78 is 36.7. The van der Waals surface area contributed by atoms with Crippen molar-refractivity contribution in [2.75, 3.05) is 7.05 Å². The molecule has 0 bridgehead atoms. The Kier molecular flexibility index (Phi) is 3.54. The third-order valence-electron chi connectivity index (χ3n) is 2.11. The first kappa shape index (κ1) is 12.5. The maximum atomic E-state index is 12.2. The maximum absolute atomic E-state index is 12.2. The number of aliphatic carboxylic acids is 1. The molecular formula is C10H10F3NO2. The number of rotatable bonds is 3. The zero-order valence-corrected chi connectivity index (χ0v) is 8.38. The molecule has 6 heteroatoms. The van der Waals surface area contributed by atoms with Crippen molar-refractivity contribution in [2.45, 2.75) is 12.2 Å². The van der Waals surface area contributed by atoms with Gasteiger partial charge in [0.2, 0.25) is 0 Å². The van der Waals surface area contributed by atoms with Crippen LogP contribution in [0.25, 0.3) is 0 Å². The number of likely N-dealkylation sites (N-methyl/N-ethyl adjacent to an activating group) is 1. The monoisotopic (exact) mass is 233 g/mol. The van der Waals surface area contributed by atoms with E-state index in [0.29, 0.717) is 0 Å². The molecule has 16 heavy (non-hydrogen) atoms. The van der Waals surface area contributed by atoms with Crippen LogP contribution in [-0.4, -0.2) is 18.1 Å². The highest BCUT2D eigenvalue weighted by molar-refractivity contribution is 5.75. The topological polar surface area (TPSA) is 49.3 Å². The summed E-state index contributed by atoms with van der Waals surface area (Å²) in [6, 6.07) is 3.03. The van der Waals surface area contributed by atoms with Crippen LogP contribution in [0.4, 0.5) is 13.2 Å². The number of carboxylic acid groups (broad SMARTS) is 1. The summed E-state index contributed by atoms with van der Waals surface area (Å²) in [6.07, 6.45) is -4.41. The third-order valence-corrected chi connectivity index (χ3v) is 2.11. The number of nitrogens with one attached hydrogen (secondary N) is 1. The molecule has 1 atom stereocenters. The van der Waals surface area contributed by atoms with Crippen LogP contribution in [0.3, 0.4) is 0 Å². The molecule has 1 aromatic rings. The largest absolute Gasteiger partial charge is 0.480 e. The molecule has 0 aliphatic rings. The van der Waals surface area contributed by atoms with Gasteiger partial charge in [-0.05, 0) is 24.7 Å². The van der Waals surface area contributed by atoms with Crippen LogP contribution in [0, 0.1) is 0 Å². The van der Waals surface area contributed by atoms with Crippen molar-refractivity contribution in [3.63, 3.8) is 0 Å². The van der Waals surface area contributed by atoms with Gasteiger partial charge in [-0.15, -0.1) is 0 Å². The number of hydrogen-bond acceptors (Lipinski definition) is 2. The first-order valence-electron chi connectivity index (χ1n) is 4.43. The van der Waals surface area contributed by atoms with E-state index in [-0.39, 0.29) is 5.56 Å². The zero-order chi connectivity index (χ0) is 12.3. The van der Waals surface area contributed by atoms with Crippen molar-refractivity contribution in [1.29, 1.82) is 0 Å². The summed E-state index contributed by atoms with van der Waals surface area (Å²) in [6.45, 7) is 0. The fourth-order valence-corrected chi connectivity index (χ4v) is 1.30. The molecule has 0 amide bonds. The standard InChI is InChI=1S/C10H10F3NO2/c1-14-8(9(15)16)6-2-4-7(5-3-6)10(11,12)13/h2-5,8,14H,1H3,(H,15,16)/t8-/m1/s1. The lowest BCUT2D eigenvalue weighted by Gasteiger charge is -2.12. The quantitative estimate of drug-likeness (QED) is 0.840. The lowest BCUT2D eigenvalue weighted by Crippen LogP contribution is -2.25. The zero-order valence-electron chi connectivity index (χ0n) is 8.38. The summed E-state index contributed by atoms with van der Waals surface area (Å²) in [5.74, 6) is -1.14. The lowest BCUT2D eigenvalue weighted by molar-refractivity contribution is -0.139. The molecule has 0 heterocycles. The Hall–Kier alpha value is -1.56. The second kappa shape index (κ2) is 4.52. The van der Waals surface area contributed by atoms with Crippen LogP contribution >= 0.6 is 0 Å². The second-order valence-corrected chi connectivity index (χ2v) is 3.18. The molecule has 0 unspecified atom stereocenters. The van der Waals surface area contributed by atoms with Gasteiger partial charge in [0, 0.05) is 0 Å². The van der Waals surface area contributed by atoms with Crippen LogP contribution in [-0.2, 0) is 11.0 Å². The molecule has 0 saturated carbocycles. The summed E-state index contributed by atoms with van der Waals surface area (Å²) in [7, 11) is 1.43. The highest BCUT2D eigenvalue weighted by Crippen LogP contribution is 2.29. The van der Waals surface area contributed by atoms with Crippen LogP contribution in [0.2, 0.25) is 0 Å². The molecule has 1 aromatic carbocycles. The Labute approximate surface area is 89.9 Å². The molecule has 1 rings (SSSR count). The third kappa shape index (κ3) is 2.73. The number of halogens is 3. The Morgan fingerprint density at radius 1 is 1.31 bits per heavy atom.